The van der Waals surface area contributed by atoms with Crippen molar-refractivity contribution in [2.45, 2.75) is 16.6 Å². The van der Waals surface area contributed by atoms with E-state index < -0.39 is 20.5 Å². The van der Waals surface area contributed by atoms with Crippen LogP contribution in [0, 0.1) is 28.1 Å². The van der Waals surface area contributed by atoms with Gasteiger partial charge < -0.3 is 0 Å². The number of allylic oxidation sites excluding steroid dienone is 1. The third-order valence-electron chi connectivity index (χ3n) is 4.33. The van der Waals surface area contributed by atoms with Crippen LogP contribution in [0.1, 0.15) is 12.0 Å². The van der Waals surface area contributed by atoms with Crippen molar-refractivity contribution in [3.63, 3.8) is 0 Å². The summed E-state index contributed by atoms with van der Waals surface area (Å²) in [7, 11) is -3.67. The van der Waals surface area contributed by atoms with Crippen molar-refractivity contribution in [2.75, 3.05) is 0 Å². The lowest BCUT2D eigenvalue weighted by Gasteiger charge is -2.17. The van der Waals surface area contributed by atoms with E-state index in [0.717, 1.165) is 4.47 Å². The van der Waals surface area contributed by atoms with Crippen LogP contribution in [0.15, 0.2) is 70.0 Å². The lowest BCUT2D eigenvalue weighted by atomic mass is 9.81. The SMILES string of the molecule is N#CC1(C#N)CC(S(=O)(=O)c2ccccc2)C=C1c1ccc(Br)cc1. The molecule has 3 rings (SSSR count). The van der Waals surface area contributed by atoms with Crippen molar-refractivity contribution in [3.8, 4) is 12.1 Å². The summed E-state index contributed by atoms with van der Waals surface area (Å²) in [6, 6.07) is 19.3. The molecule has 0 heterocycles. The van der Waals surface area contributed by atoms with Gasteiger partial charge in [0.2, 0.25) is 0 Å². The van der Waals surface area contributed by atoms with Crippen molar-refractivity contribution in [1.29, 1.82) is 10.5 Å². The first kappa shape index (κ1) is 17.4. The summed E-state index contributed by atoms with van der Waals surface area (Å²) >= 11 is 3.35. The fraction of sp³-hybridized carbons (Fsp3) is 0.158. The highest BCUT2D eigenvalue weighted by molar-refractivity contribution is 9.10. The molecular weight excluding hydrogens is 400 g/mol. The molecule has 124 valence electrons. The van der Waals surface area contributed by atoms with Gasteiger partial charge in [0.05, 0.1) is 22.3 Å². The number of hydrogen-bond donors (Lipinski definition) is 0. The maximum Gasteiger partial charge on any atom is 0.184 e. The molecule has 1 aliphatic rings. The minimum atomic E-state index is -3.67. The minimum absolute atomic E-state index is 0.0668. The normalized spacial score (nSPS) is 18.8. The Bertz CT molecular complexity index is 1000. The van der Waals surface area contributed by atoms with Crippen LogP contribution in [0.4, 0.5) is 0 Å². The first-order valence-electron chi connectivity index (χ1n) is 7.53. The Kier molecular flexibility index (Phi) is 4.51. The second-order valence-corrected chi connectivity index (χ2v) is 8.90. The average molecular weight is 413 g/mol. The Balaban J connectivity index is 2.12. The van der Waals surface area contributed by atoms with Gasteiger partial charge in [0.25, 0.3) is 0 Å². The molecule has 0 aliphatic heterocycles. The van der Waals surface area contributed by atoms with Gasteiger partial charge in [-0.3, -0.25) is 0 Å². The lowest BCUT2D eigenvalue weighted by Crippen LogP contribution is -2.23. The van der Waals surface area contributed by atoms with Crippen molar-refractivity contribution >= 4 is 31.3 Å². The molecular formula is C19H13BrN2O2S. The molecule has 0 bridgehead atoms. The number of nitrogens with zero attached hydrogens (tertiary/aromatic N) is 2. The van der Waals surface area contributed by atoms with Gasteiger partial charge >= 0.3 is 0 Å². The lowest BCUT2D eigenvalue weighted by molar-refractivity contribution is 0.572. The summed E-state index contributed by atoms with van der Waals surface area (Å²) in [4.78, 5) is 0.193. The molecule has 0 spiro atoms. The Morgan fingerprint density at radius 2 is 1.60 bits per heavy atom. The summed E-state index contributed by atoms with van der Waals surface area (Å²) in [5.41, 5.74) is -0.341. The van der Waals surface area contributed by atoms with Gasteiger partial charge in [0.1, 0.15) is 0 Å². The fourth-order valence-corrected chi connectivity index (χ4v) is 4.93. The number of halogens is 1. The van der Waals surface area contributed by atoms with E-state index in [0.29, 0.717) is 11.1 Å². The van der Waals surface area contributed by atoms with Crippen LogP contribution in [0.5, 0.6) is 0 Å². The predicted octanol–water partition coefficient (Wildman–Crippen LogP) is 4.11. The van der Waals surface area contributed by atoms with Crippen LogP contribution in [-0.4, -0.2) is 13.7 Å². The van der Waals surface area contributed by atoms with Gasteiger partial charge in [-0.05, 0) is 35.4 Å². The Morgan fingerprint density at radius 1 is 1.00 bits per heavy atom. The van der Waals surface area contributed by atoms with E-state index in [1.165, 1.54) is 12.1 Å². The van der Waals surface area contributed by atoms with Gasteiger partial charge in [-0.1, -0.05) is 52.3 Å². The molecule has 1 aliphatic carbocycles. The van der Waals surface area contributed by atoms with E-state index in [4.69, 9.17) is 0 Å². The Morgan fingerprint density at radius 3 is 2.16 bits per heavy atom. The molecule has 1 atom stereocenters. The number of sulfone groups is 1. The van der Waals surface area contributed by atoms with Crippen LogP contribution < -0.4 is 0 Å². The first-order valence-corrected chi connectivity index (χ1v) is 9.86. The summed E-state index contributed by atoms with van der Waals surface area (Å²) in [5.74, 6) is 0. The van der Waals surface area contributed by atoms with Gasteiger partial charge in [-0.15, -0.1) is 0 Å². The molecule has 0 N–H and O–H groups in total. The van der Waals surface area contributed by atoms with Crippen LogP contribution in [0.25, 0.3) is 5.57 Å². The average Bonchev–Trinajstić information content (AvgIpc) is 3.04. The van der Waals surface area contributed by atoms with E-state index in [2.05, 4.69) is 15.9 Å². The standard InChI is InChI=1S/C19H13BrN2O2S/c20-15-8-6-14(7-9-15)18-10-17(11-19(18,12-21)13-22)25(23,24)16-4-2-1-3-5-16/h1-10,17H,11H2. The van der Waals surface area contributed by atoms with E-state index in [1.54, 1.807) is 48.5 Å². The highest BCUT2D eigenvalue weighted by Crippen LogP contribution is 2.47. The molecule has 0 amide bonds. The maximum atomic E-state index is 12.9. The van der Waals surface area contributed by atoms with Crippen LogP contribution in [0.3, 0.4) is 0 Å². The second kappa shape index (κ2) is 6.48. The zero-order valence-electron chi connectivity index (χ0n) is 13.1. The van der Waals surface area contributed by atoms with Gasteiger partial charge in [-0.2, -0.15) is 10.5 Å². The first-order chi connectivity index (χ1) is 11.9. The zero-order chi connectivity index (χ0) is 18.1. The molecule has 4 nitrogen and oxygen atoms in total. The van der Waals surface area contributed by atoms with Crippen LogP contribution >= 0.6 is 15.9 Å². The van der Waals surface area contributed by atoms with Gasteiger partial charge in [-0.25, -0.2) is 8.42 Å². The summed E-state index contributed by atoms with van der Waals surface area (Å²) < 4.78 is 26.7. The molecule has 2 aromatic carbocycles. The number of hydrogen-bond acceptors (Lipinski definition) is 4. The predicted molar refractivity (Wildman–Crippen MR) is 97.8 cm³/mol. The topological polar surface area (TPSA) is 81.7 Å². The molecule has 1 unspecified atom stereocenters. The quantitative estimate of drug-likeness (QED) is 0.758. The zero-order valence-corrected chi connectivity index (χ0v) is 15.5. The monoisotopic (exact) mass is 412 g/mol. The van der Waals surface area contributed by atoms with Crippen molar-refractivity contribution in [1.82, 2.24) is 0 Å². The molecule has 0 saturated carbocycles. The minimum Gasteiger partial charge on any atom is -0.223 e. The van der Waals surface area contributed by atoms with Gasteiger partial charge in [0.15, 0.2) is 15.3 Å². The summed E-state index contributed by atoms with van der Waals surface area (Å²) in [6.45, 7) is 0. The van der Waals surface area contributed by atoms with Crippen LogP contribution in [0.2, 0.25) is 0 Å². The summed E-state index contributed by atoms with van der Waals surface area (Å²) in [5, 5.41) is 18.4. The van der Waals surface area contributed by atoms with Gasteiger partial charge in [0, 0.05) is 10.9 Å². The van der Waals surface area contributed by atoms with Crippen molar-refractivity contribution < 1.29 is 8.42 Å². The second-order valence-electron chi connectivity index (χ2n) is 5.82. The number of nitriles is 2. The Labute approximate surface area is 155 Å². The maximum absolute atomic E-state index is 12.9. The number of rotatable bonds is 3. The highest BCUT2D eigenvalue weighted by Gasteiger charge is 2.47. The highest BCUT2D eigenvalue weighted by atomic mass is 79.9. The summed E-state index contributed by atoms with van der Waals surface area (Å²) in [6.07, 6.45) is 1.49. The van der Waals surface area contributed by atoms with E-state index in [1.807, 2.05) is 12.1 Å². The third-order valence-corrected chi connectivity index (χ3v) is 6.88. The molecule has 0 radical (unpaired) electrons. The molecule has 2 aromatic rings. The number of benzene rings is 2. The molecule has 25 heavy (non-hydrogen) atoms. The van der Waals surface area contributed by atoms with E-state index >= 15 is 0 Å². The largest absolute Gasteiger partial charge is 0.223 e. The van der Waals surface area contributed by atoms with E-state index in [9.17, 15) is 18.9 Å². The molecule has 0 saturated heterocycles. The third kappa shape index (κ3) is 3.00. The van der Waals surface area contributed by atoms with Crippen molar-refractivity contribution in [2.24, 2.45) is 5.41 Å². The Hall–Kier alpha value is -2.41. The van der Waals surface area contributed by atoms with Crippen LogP contribution in [-0.2, 0) is 9.84 Å². The van der Waals surface area contributed by atoms with E-state index in [-0.39, 0.29) is 11.3 Å². The fourth-order valence-electron chi connectivity index (χ4n) is 2.99. The molecule has 0 aromatic heterocycles. The smallest absolute Gasteiger partial charge is 0.184 e. The van der Waals surface area contributed by atoms with Crippen molar-refractivity contribution in [3.05, 3.63) is 70.7 Å². The molecule has 6 heteroatoms. The molecule has 0 fully saturated rings.